The summed E-state index contributed by atoms with van der Waals surface area (Å²) in [4.78, 5) is 54.3. The lowest BCUT2D eigenvalue weighted by Crippen LogP contribution is -2.58. The Morgan fingerprint density at radius 3 is 2.55 bits per heavy atom. The average Bonchev–Trinajstić information content (AvgIpc) is 3.29. The van der Waals surface area contributed by atoms with Gasteiger partial charge in [0.2, 0.25) is 5.91 Å². The van der Waals surface area contributed by atoms with Gasteiger partial charge in [0.25, 0.3) is 11.8 Å². The predicted octanol–water partition coefficient (Wildman–Crippen LogP) is 1.87. The largest absolute Gasteiger partial charge is 0.436 e. The van der Waals surface area contributed by atoms with E-state index >= 15 is 0 Å². The summed E-state index contributed by atoms with van der Waals surface area (Å²) < 4.78 is 35.0. The van der Waals surface area contributed by atoms with Crippen LogP contribution in [-0.4, -0.2) is 73.4 Å². The number of alkyl carbamates (subject to hydrolysis) is 1. The van der Waals surface area contributed by atoms with Crippen molar-refractivity contribution in [1.29, 1.82) is 0 Å². The summed E-state index contributed by atoms with van der Waals surface area (Å²) in [7, 11) is -4.12. The molecule has 13 heteroatoms. The molecule has 1 saturated carbocycles. The second-order valence-corrected chi connectivity index (χ2v) is 14.0. The number of allylic oxidation sites excluding steroid dienone is 1. The van der Waals surface area contributed by atoms with Crippen LogP contribution in [0.3, 0.4) is 0 Å². The van der Waals surface area contributed by atoms with Crippen LogP contribution in [0.1, 0.15) is 86.0 Å². The van der Waals surface area contributed by atoms with Gasteiger partial charge in [-0.25, -0.2) is 9.52 Å². The van der Waals surface area contributed by atoms with E-state index < -0.39 is 57.2 Å². The van der Waals surface area contributed by atoms with Gasteiger partial charge in [0.05, 0.1) is 0 Å². The molecule has 2 fully saturated rings. The van der Waals surface area contributed by atoms with E-state index in [0.717, 1.165) is 19.3 Å². The number of hydrogen-bond donors (Lipinski definition) is 4. The Labute approximate surface area is 237 Å². The maximum absolute atomic E-state index is 13.6. The number of ether oxygens (including phenoxy) is 1. The number of nitrogens with zero attached hydrogens (tertiary/aromatic N) is 1. The van der Waals surface area contributed by atoms with Gasteiger partial charge in [-0.05, 0) is 71.6 Å². The van der Waals surface area contributed by atoms with E-state index in [1.54, 1.807) is 0 Å². The number of fused-ring (bicyclic) bond motifs is 2. The van der Waals surface area contributed by atoms with Gasteiger partial charge >= 0.3 is 16.3 Å². The van der Waals surface area contributed by atoms with E-state index in [4.69, 9.17) is 4.74 Å². The molecule has 40 heavy (non-hydrogen) atoms. The first-order valence-corrected chi connectivity index (χ1v) is 15.7. The molecule has 0 spiro atoms. The van der Waals surface area contributed by atoms with Crippen LogP contribution in [0, 0.1) is 11.8 Å². The van der Waals surface area contributed by atoms with Crippen LogP contribution in [0.15, 0.2) is 12.2 Å². The molecule has 0 radical (unpaired) electrons. The van der Waals surface area contributed by atoms with E-state index in [1.165, 1.54) is 4.90 Å². The Kier molecular flexibility index (Phi) is 10.3. The smallest absolute Gasteiger partial charge is 0.408 e. The first-order chi connectivity index (χ1) is 18.6. The maximum atomic E-state index is 13.6. The molecule has 4 N–H and O–H groups in total. The molecule has 1 saturated heterocycles. The van der Waals surface area contributed by atoms with E-state index in [-0.39, 0.29) is 24.8 Å². The van der Waals surface area contributed by atoms with E-state index in [9.17, 15) is 27.6 Å². The molecule has 12 nitrogen and oxygen atoms in total. The molecule has 2 aliphatic heterocycles. The van der Waals surface area contributed by atoms with Gasteiger partial charge in [0.15, 0.2) is 6.10 Å². The summed E-state index contributed by atoms with van der Waals surface area (Å²) in [6, 6.07) is -0.861. The summed E-state index contributed by atoms with van der Waals surface area (Å²) in [6.45, 7) is 9.57. The molecule has 4 atom stereocenters. The van der Waals surface area contributed by atoms with Gasteiger partial charge in [-0.3, -0.25) is 14.4 Å². The molecule has 2 heterocycles. The van der Waals surface area contributed by atoms with Crippen LogP contribution >= 0.6 is 0 Å². The van der Waals surface area contributed by atoms with Gasteiger partial charge in [0.1, 0.15) is 11.6 Å². The van der Waals surface area contributed by atoms with Crippen LogP contribution in [0.25, 0.3) is 0 Å². The van der Waals surface area contributed by atoms with Crippen LogP contribution in [0.4, 0.5) is 4.79 Å². The van der Waals surface area contributed by atoms with Crippen molar-refractivity contribution in [2.75, 3.05) is 13.1 Å². The number of hydrogen-bond acceptors (Lipinski definition) is 7. The zero-order valence-electron chi connectivity index (χ0n) is 24.2. The van der Waals surface area contributed by atoms with Gasteiger partial charge in [0, 0.05) is 24.5 Å². The molecule has 0 bridgehead atoms. The number of carbonyl (C=O) groups excluding carboxylic acids is 4. The van der Waals surface area contributed by atoms with Crippen LogP contribution < -0.4 is 20.1 Å². The molecular formula is C27H45N5O7S. The molecule has 0 aromatic carbocycles. The lowest BCUT2D eigenvalue weighted by atomic mass is 10.1. The van der Waals surface area contributed by atoms with Crippen molar-refractivity contribution in [3.05, 3.63) is 12.2 Å². The van der Waals surface area contributed by atoms with Crippen molar-refractivity contribution in [3.63, 3.8) is 0 Å². The standard InChI is InChI=1S/C27H45N5O7S/c1-18(2)17-28-40(37,38)31-24(35)27-16-19(27)12-9-7-6-8-10-14-21(39-25(36)30-26(3,4)5)23(34)32-15-11-13-20(32)22(33)29-27/h9,12,18-21,28H,6-8,10-11,13-17H2,1-5H3,(H,29,33)(H,30,36)(H,31,35)/t19-,20+,21+,27-/m1/s1. The van der Waals surface area contributed by atoms with Crippen molar-refractivity contribution in [1.82, 2.24) is 25.0 Å². The number of nitrogens with one attached hydrogen (secondary N) is 4. The quantitative estimate of drug-likeness (QED) is 0.347. The molecule has 0 aromatic rings. The minimum Gasteiger partial charge on any atom is -0.436 e. The van der Waals surface area contributed by atoms with E-state index in [2.05, 4.69) is 20.1 Å². The summed E-state index contributed by atoms with van der Waals surface area (Å²) in [5.41, 5.74) is -1.98. The Hall–Kier alpha value is -2.67. The third-order valence-corrected chi connectivity index (χ3v) is 8.22. The molecule has 0 aromatic heterocycles. The number of carbonyl (C=O) groups is 4. The molecule has 3 rings (SSSR count). The first-order valence-electron chi connectivity index (χ1n) is 14.2. The molecule has 226 valence electrons. The third kappa shape index (κ3) is 8.66. The highest BCUT2D eigenvalue weighted by molar-refractivity contribution is 7.88. The van der Waals surface area contributed by atoms with Crippen molar-refractivity contribution in [2.24, 2.45) is 11.8 Å². The molecule has 0 unspecified atom stereocenters. The first kappa shape index (κ1) is 31.9. The van der Waals surface area contributed by atoms with Crippen molar-refractivity contribution in [3.8, 4) is 0 Å². The highest BCUT2D eigenvalue weighted by atomic mass is 32.2. The summed E-state index contributed by atoms with van der Waals surface area (Å²) >= 11 is 0. The fourth-order valence-electron chi connectivity index (χ4n) is 5.03. The van der Waals surface area contributed by atoms with Crippen LogP contribution in [0.2, 0.25) is 0 Å². The SMILES string of the molecule is CC(C)CNS(=O)(=O)NC(=O)[C@@]12C[C@H]1C=CCCCCC[C@H](OC(=O)NC(C)(C)C)C(=O)N1CCC[C@H]1C(=O)N2. The number of rotatable bonds is 6. The average molecular weight is 584 g/mol. The van der Waals surface area contributed by atoms with Crippen LogP contribution in [-0.2, 0) is 29.3 Å². The molecule has 1 aliphatic carbocycles. The minimum atomic E-state index is -4.12. The summed E-state index contributed by atoms with van der Waals surface area (Å²) in [6.07, 6.45) is 6.59. The zero-order valence-corrected chi connectivity index (χ0v) is 25.1. The van der Waals surface area contributed by atoms with Gasteiger partial charge in [-0.1, -0.05) is 32.4 Å². The van der Waals surface area contributed by atoms with E-state index in [0.29, 0.717) is 32.2 Å². The fourth-order valence-corrected chi connectivity index (χ4v) is 6.08. The molecule has 4 amide bonds. The van der Waals surface area contributed by atoms with Crippen molar-refractivity contribution in [2.45, 2.75) is 109 Å². The molecule has 3 aliphatic rings. The predicted molar refractivity (Wildman–Crippen MR) is 149 cm³/mol. The monoisotopic (exact) mass is 583 g/mol. The Bertz CT molecular complexity index is 1100. The highest BCUT2D eigenvalue weighted by Crippen LogP contribution is 2.45. The lowest BCUT2D eigenvalue weighted by Gasteiger charge is -2.30. The Balaban J connectivity index is 1.81. The third-order valence-electron chi connectivity index (χ3n) is 7.22. The second-order valence-electron chi connectivity index (χ2n) is 12.5. The van der Waals surface area contributed by atoms with Gasteiger partial charge in [-0.15, -0.1) is 0 Å². The lowest BCUT2D eigenvalue weighted by molar-refractivity contribution is -0.146. The maximum Gasteiger partial charge on any atom is 0.408 e. The van der Waals surface area contributed by atoms with Gasteiger partial charge in [-0.2, -0.15) is 13.1 Å². The normalized spacial score (nSPS) is 28.1. The molecular weight excluding hydrogens is 538 g/mol. The summed E-state index contributed by atoms with van der Waals surface area (Å²) in [5, 5.41) is 5.51. The van der Waals surface area contributed by atoms with Crippen molar-refractivity contribution < 1.29 is 32.3 Å². The minimum absolute atomic E-state index is 0.0396. The van der Waals surface area contributed by atoms with Gasteiger partial charge < -0.3 is 20.3 Å². The Morgan fingerprint density at radius 2 is 1.88 bits per heavy atom. The fraction of sp³-hybridized carbons (Fsp3) is 0.778. The highest BCUT2D eigenvalue weighted by Gasteiger charge is 2.61. The topological polar surface area (TPSA) is 163 Å². The zero-order chi connectivity index (χ0) is 29.7. The van der Waals surface area contributed by atoms with E-state index in [1.807, 2.05) is 46.8 Å². The second kappa shape index (κ2) is 12.9. The summed E-state index contributed by atoms with van der Waals surface area (Å²) in [5.74, 6) is -2.12. The Morgan fingerprint density at radius 1 is 1.15 bits per heavy atom. The van der Waals surface area contributed by atoms with Crippen molar-refractivity contribution >= 4 is 34.0 Å². The van der Waals surface area contributed by atoms with Crippen LogP contribution in [0.5, 0.6) is 0 Å². The number of amides is 4.